The second-order valence-electron chi connectivity index (χ2n) is 11.0. The third-order valence-corrected chi connectivity index (χ3v) is 8.71. The van der Waals surface area contributed by atoms with Crippen LogP contribution in [0.5, 0.6) is 0 Å². The number of benzene rings is 2. The molecule has 3 aliphatic rings. The maximum absolute atomic E-state index is 12.8. The van der Waals surface area contributed by atoms with Crippen LogP contribution in [0.3, 0.4) is 0 Å². The molecule has 2 aromatic rings. The number of carbonyl (C=O) groups is 2. The van der Waals surface area contributed by atoms with Crippen molar-refractivity contribution in [3.05, 3.63) is 71.8 Å². The minimum absolute atomic E-state index is 0.249. The molecule has 1 amide bonds. The smallest absolute Gasteiger partial charge is 0.329 e. The summed E-state index contributed by atoms with van der Waals surface area (Å²) in [5, 5.41) is 19.0. The van der Waals surface area contributed by atoms with E-state index in [4.69, 9.17) is 0 Å². The van der Waals surface area contributed by atoms with Gasteiger partial charge in [-0.1, -0.05) is 80.0 Å². The molecule has 4 atom stereocenters. The molecule has 36 heavy (non-hydrogen) atoms. The fraction of sp³-hybridized carbons (Fsp3) is 0.484. The van der Waals surface area contributed by atoms with Crippen LogP contribution in [0.25, 0.3) is 10.8 Å². The number of nitrogens with one attached hydrogen (secondary N) is 2. The Morgan fingerprint density at radius 2 is 1.81 bits per heavy atom. The summed E-state index contributed by atoms with van der Waals surface area (Å²) in [7, 11) is 0. The van der Waals surface area contributed by atoms with Crippen molar-refractivity contribution in [2.45, 2.75) is 82.3 Å². The summed E-state index contributed by atoms with van der Waals surface area (Å²) in [5.41, 5.74) is 0.868. The standard InChI is InChI=1S/C31H38N2O3/c1-21(27-13-7-9-23-8-2-3-12-28(23)27)32-26-11-6-10-25(20-26)22-14-16-24(17-15-22)29(34)33-31(30(35)36)18-4-5-19-31/h2-3,7-9,12-14,16-17,21-22,25-26,32H,4-6,10-11,15,18-20H2,1H3,(H,33,34)(H,35,36)/t21-,22?,25+,26+/m1/s1. The Labute approximate surface area is 214 Å². The number of allylic oxidation sites excluding steroid dienone is 2. The minimum Gasteiger partial charge on any atom is -0.480 e. The summed E-state index contributed by atoms with van der Waals surface area (Å²) in [4.78, 5) is 24.6. The van der Waals surface area contributed by atoms with Gasteiger partial charge in [-0.3, -0.25) is 4.79 Å². The molecule has 0 bridgehead atoms. The highest BCUT2D eigenvalue weighted by atomic mass is 16.4. The predicted octanol–water partition coefficient (Wildman–Crippen LogP) is 6.07. The van der Waals surface area contributed by atoms with Crippen LogP contribution in [0.1, 0.15) is 76.3 Å². The Kier molecular flexibility index (Phi) is 7.29. The zero-order valence-electron chi connectivity index (χ0n) is 21.2. The normalized spacial score (nSPS) is 26.4. The van der Waals surface area contributed by atoms with Crippen molar-refractivity contribution in [1.82, 2.24) is 10.6 Å². The van der Waals surface area contributed by atoms with Gasteiger partial charge < -0.3 is 15.7 Å². The first kappa shape index (κ1) is 24.8. The number of aliphatic carboxylic acids is 1. The largest absolute Gasteiger partial charge is 0.480 e. The third kappa shape index (κ3) is 5.12. The highest BCUT2D eigenvalue weighted by molar-refractivity contribution is 5.99. The molecule has 5 heteroatoms. The number of fused-ring (bicyclic) bond motifs is 1. The van der Waals surface area contributed by atoms with Gasteiger partial charge in [0.1, 0.15) is 5.54 Å². The van der Waals surface area contributed by atoms with Gasteiger partial charge in [0, 0.05) is 17.7 Å². The van der Waals surface area contributed by atoms with Crippen LogP contribution < -0.4 is 10.6 Å². The van der Waals surface area contributed by atoms with Gasteiger partial charge in [0.25, 0.3) is 5.91 Å². The predicted molar refractivity (Wildman–Crippen MR) is 144 cm³/mol. The Morgan fingerprint density at radius 1 is 1.03 bits per heavy atom. The SMILES string of the molecule is C[C@@H](N[C@H]1CCC[C@H](C2C=CC(C(=O)NC3(C(=O)O)CCCC3)=CC2)C1)c1cccc2ccccc12. The lowest BCUT2D eigenvalue weighted by atomic mass is 9.74. The lowest BCUT2D eigenvalue weighted by Gasteiger charge is -2.36. The van der Waals surface area contributed by atoms with Gasteiger partial charge >= 0.3 is 5.97 Å². The molecule has 0 spiro atoms. The molecule has 1 unspecified atom stereocenters. The molecule has 0 saturated heterocycles. The zero-order chi connectivity index (χ0) is 25.1. The highest BCUT2D eigenvalue weighted by Crippen LogP contribution is 2.37. The summed E-state index contributed by atoms with van der Waals surface area (Å²) in [6.45, 7) is 2.27. The van der Waals surface area contributed by atoms with Crippen molar-refractivity contribution in [2.24, 2.45) is 11.8 Å². The molecule has 0 radical (unpaired) electrons. The molecule has 0 aliphatic heterocycles. The van der Waals surface area contributed by atoms with Crippen LogP contribution in [0.2, 0.25) is 0 Å². The molecule has 190 valence electrons. The topological polar surface area (TPSA) is 78.4 Å². The van der Waals surface area contributed by atoms with Gasteiger partial charge in [-0.2, -0.15) is 0 Å². The average molecular weight is 487 g/mol. The molecule has 0 aromatic heterocycles. The van der Waals surface area contributed by atoms with E-state index in [2.05, 4.69) is 66.1 Å². The van der Waals surface area contributed by atoms with Gasteiger partial charge in [-0.05, 0) is 73.6 Å². The summed E-state index contributed by atoms with van der Waals surface area (Å²) >= 11 is 0. The number of carbonyl (C=O) groups excluding carboxylic acids is 1. The van der Waals surface area contributed by atoms with Crippen molar-refractivity contribution in [2.75, 3.05) is 0 Å². The molecule has 2 fully saturated rings. The molecule has 5 rings (SSSR count). The number of carboxylic acids is 1. The van der Waals surface area contributed by atoms with Gasteiger partial charge in [-0.15, -0.1) is 0 Å². The van der Waals surface area contributed by atoms with E-state index in [-0.39, 0.29) is 11.9 Å². The van der Waals surface area contributed by atoms with Crippen molar-refractivity contribution >= 4 is 22.6 Å². The van der Waals surface area contributed by atoms with E-state index in [1.165, 1.54) is 35.6 Å². The van der Waals surface area contributed by atoms with Crippen molar-refractivity contribution in [1.29, 1.82) is 0 Å². The Morgan fingerprint density at radius 3 is 2.56 bits per heavy atom. The molecule has 3 N–H and O–H groups in total. The quantitative estimate of drug-likeness (QED) is 0.444. The van der Waals surface area contributed by atoms with E-state index >= 15 is 0 Å². The fourth-order valence-electron chi connectivity index (χ4n) is 6.65. The summed E-state index contributed by atoms with van der Waals surface area (Å²) in [6, 6.07) is 15.9. The minimum atomic E-state index is -1.09. The first-order valence-electron chi connectivity index (χ1n) is 13.6. The first-order chi connectivity index (χ1) is 17.4. The van der Waals surface area contributed by atoms with Gasteiger partial charge in [0.05, 0.1) is 0 Å². The van der Waals surface area contributed by atoms with Crippen molar-refractivity contribution in [3.63, 3.8) is 0 Å². The molecule has 2 aromatic carbocycles. The van der Waals surface area contributed by atoms with E-state index in [9.17, 15) is 14.7 Å². The molecule has 2 saturated carbocycles. The molecule has 3 aliphatic carbocycles. The van der Waals surface area contributed by atoms with Crippen molar-refractivity contribution in [3.8, 4) is 0 Å². The number of amides is 1. The summed E-state index contributed by atoms with van der Waals surface area (Å²) in [5.74, 6) is -0.140. The van der Waals surface area contributed by atoms with Crippen LogP contribution in [-0.4, -0.2) is 28.6 Å². The second kappa shape index (κ2) is 10.6. The Bertz CT molecular complexity index is 1170. The number of hydrogen-bond acceptors (Lipinski definition) is 3. The van der Waals surface area contributed by atoms with Crippen LogP contribution in [0, 0.1) is 11.8 Å². The number of hydrogen-bond donors (Lipinski definition) is 3. The fourth-order valence-corrected chi connectivity index (χ4v) is 6.65. The lowest BCUT2D eigenvalue weighted by molar-refractivity contribution is -0.146. The number of carboxylic acid groups (broad SMARTS) is 1. The highest BCUT2D eigenvalue weighted by Gasteiger charge is 2.43. The van der Waals surface area contributed by atoms with Gasteiger partial charge in [0.2, 0.25) is 0 Å². The van der Waals surface area contributed by atoms with Gasteiger partial charge in [0.15, 0.2) is 0 Å². The van der Waals surface area contributed by atoms with E-state index < -0.39 is 11.5 Å². The van der Waals surface area contributed by atoms with Crippen LogP contribution >= 0.6 is 0 Å². The molecular formula is C31H38N2O3. The van der Waals surface area contributed by atoms with Crippen LogP contribution in [0.4, 0.5) is 0 Å². The molecule has 0 heterocycles. The molecular weight excluding hydrogens is 448 g/mol. The van der Waals surface area contributed by atoms with E-state index in [0.29, 0.717) is 36.3 Å². The number of rotatable bonds is 7. The van der Waals surface area contributed by atoms with Crippen LogP contribution in [0.15, 0.2) is 66.3 Å². The first-order valence-corrected chi connectivity index (χ1v) is 13.6. The van der Waals surface area contributed by atoms with E-state index in [1.807, 2.05) is 12.2 Å². The van der Waals surface area contributed by atoms with Gasteiger partial charge in [-0.25, -0.2) is 4.79 Å². The Hall–Kier alpha value is -2.92. The maximum Gasteiger partial charge on any atom is 0.329 e. The Balaban J connectivity index is 1.18. The van der Waals surface area contributed by atoms with Crippen molar-refractivity contribution < 1.29 is 14.7 Å². The van der Waals surface area contributed by atoms with Crippen LogP contribution in [-0.2, 0) is 9.59 Å². The average Bonchev–Trinajstić information content (AvgIpc) is 3.38. The van der Waals surface area contributed by atoms with E-state index in [0.717, 1.165) is 25.7 Å². The zero-order valence-corrected chi connectivity index (χ0v) is 21.2. The second-order valence-corrected chi connectivity index (χ2v) is 11.0. The van der Waals surface area contributed by atoms with E-state index in [1.54, 1.807) is 0 Å². The summed E-state index contributed by atoms with van der Waals surface area (Å²) < 4.78 is 0. The third-order valence-electron chi connectivity index (χ3n) is 8.71. The molecule has 5 nitrogen and oxygen atoms in total. The lowest BCUT2D eigenvalue weighted by Crippen LogP contribution is -2.52. The monoisotopic (exact) mass is 486 g/mol. The maximum atomic E-state index is 12.8. The summed E-state index contributed by atoms with van der Waals surface area (Å²) in [6.07, 6.45) is 14.5.